The van der Waals surface area contributed by atoms with Gasteiger partial charge in [-0.1, -0.05) is 30.3 Å². The van der Waals surface area contributed by atoms with Gasteiger partial charge in [0.05, 0.1) is 5.75 Å². The van der Waals surface area contributed by atoms with Gasteiger partial charge in [0.1, 0.15) is 0 Å². The van der Waals surface area contributed by atoms with E-state index in [0.717, 1.165) is 38.4 Å². The smallest absolute Gasteiger partial charge is 0.213 e. The Labute approximate surface area is 206 Å². The molecule has 2 N–H and O–H groups in total. The number of nitrogens with one attached hydrogen (secondary N) is 2. The fourth-order valence-corrected chi connectivity index (χ4v) is 4.61. The third kappa shape index (κ3) is 9.63. The molecule has 7 nitrogen and oxygen atoms in total. The van der Waals surface area contributed by atoms with Crippen LogP contribution in [-0.4, -0.2) is 74.6 Å². The van der Waals surface area contributed by atoms with Crippen LogP contribution in [0.5, 0.6) is 0 Å². The highest BCUT2D eigenvalue weighted by Gasteiger charge is 2.26. The summed E-state index contributed by atoms with van der Waals surface area (Å²) in [5, 5.41) is 6.90. The van der Waals surface area contributed by atoms with Crippen molar-refractivity contribution in [3.05, 3.63) is 35.9 Å². The molecule has 1 aromatic rings. The van der Waals surface area contributed by atoms with Gasteiger partial charge in [0.25, 0.3) is 0 Å². The summed E-state index contributed by atoms with van der Waals surface area (Å²) in [6.07, 6.45) is 2.87. The summed E-state index contributed by atoms with van der Waals surface area (Å²) in [4.78, 5) is 7.20. The van der Waals surface area contributed by atoms with Crippen LogP contribution < -0.4 is 10.6 Å². The zero-order chi connectivity index (χ0) is 22.0. The monoisotopic (exact) mass is 565 g/mol. The first-order valence-corrected chi connectivity index (χ1v) is 12.7. The number of guanidine groups is 1. The van der Waals surface area contributed by atoms with Gasteiger partial charge in [-0.2, -0.15) is 0 Å². The molecule has 1 heterocycles. The summed E-state index contributed by atoms with van der Waals surface area (Å²) < 4.78 is 25.1. The highest BCUT2D eigenvalue weighted by atomic mass is 127. The lowest BCUT2D eigenvalue weighted by atomic mass is 9.97. The lowest BCUT2D eigenvalue weighted by Gasteiger charge is -2.38. The van der Waals surface area contributed by atoms with Crippen molar-refractivity contribution >= 4 is 40.0 Å². The summed E-state index contributed by atoms with van der Waals surface area (Å²) >= 11 is 0. The van der Waals surface area contributed by atoms with E-state index in [1.165, 1.54) is 9.87 Å². The Balaban J connectivity index is 0.00000480. The van der Waals surface area contributed by atoms with Crippen molar-refractivity contribution in [1.82, 2.24) is 19.8 Å². The van der Waals surface area contributed by atoms with Gasteiger partial charge in [-0.15, -0.1) is 24.0 Å². The van der Waals surface area contributed by atoms with Crippen molar-refractivity contribution in [3.8, 4) is 0 Å². The summed E-state index contributed by atoms with van der Waals surface area (Å²) in [5.41, 5.74) is 1.36. The number of benzene rings is 1. The number of piperidine rings is 1. The second-order valence-electron chi connectivity index (χ2n) is 8.01. The minimum absolute atomic E-state index is 0. The molecule has 0 amide bonds. The number of likely N-dealkylation sites (tertiary alicyclic amines) is 1. The van der Waals surface area contributed by atoms with E-state index < -0.39 is 10.0 Å². The summed E-state index contributed by atoms with van der Waals surface area (Å²) in [5.74, 6) is 0.963. The first-order chi connectivity index (χ1) is 14.4. The van der Waals surface area contributed by atoms with Gasteiger partial charge in [0.15, 0.2) is 5.96 Å². The second-order valence-corrected chi connectivity index (χ2v) is 10.4. The molecule has 31 heavy (non-hydrogen) atoms. The Hall–Kier alpha value is -0.910. The summed E-state index contributed by atoms with van der Waals surface area (Å²) in [6.45, 7) is 9.98. The van der Waals surface area contributed by atoms with Crippen LogP contribution in [0.25, 0.3) is 0 Å². The van der Waals surface area contributed by atoms with Crippen LogP contribution >= 0.6 is 24.0 Å². The van der Waals surface area contributed by atoms with E-state index in [4.69, 9.17) is 0 Å². The predicted molar refractivity (Wildman–Crippen MR) is 141 cm³/mol. The van der Waals surface area contributed by atoms with E-state index in [0.29, 0.717) is 31.6 Å². The Morgan fingerprint density at radius 2 is 1.97 bits per heavy atom. The van der Waals surface area contributed by atoms with Crippen LogP contribution in [-0.2, 0) is 16.6 Å². The number of halogens is 1. The molecule has 1 aliphatic heterocycles. The molecular weight excluding hydrogens is 525 g/mol. The third-order valence-corrected chi connectivity index (χ3v) is 7.53. The Bertz CT molecular complexity index is 760. The summed E-state index contributed by atoms with van der Waals surface area (Å²) in [7, 11) is -1.48. The quantitative estimate of drug-likeness (QED) is 0.198. The molecule has 0 aliphatic carbocycles. The van der Waals surface area contributed by atoms with Crippen molar-refractivity contribution in [2.45, 2.75) is 58.7 Å². The number of rotatable bonds is 10. The van der Waals surface area contributed by atoms with Crippen LogP contribution in [0.3, 0.4) is 0 Å². The fourth-order valence-electron chi connectivity index (χ4n) is 3.76. The molecule has 0 radical (unpaired) electrons. The first-order valence-electron chi connectivity index (χ1n) is 11.1. The average Bonchev–Trinajstić information content (AvgIpc) is 2.73. The minimum atomic E-state index is -3.12. The van der Waals surface area contributed by atoms with E-state index in [9.17, 15) is 8.42 Å². The first kappa shape index (κ1) is 28.1. The van der Waals surface area contributed by atoms with Crippen molar-refractivity contribution in [1.29, 1.82) is 0 Å². The SMILES string of the molecule is CCNC(=NCCCN(C)S(=O)(=O)CC)NC1CCN(Cc2ccccc2)C(C)C1.I. The van der Waals surface area contributed by atoms with E-state index in [1.54, 1.807) is 14.0 Å². The third-order valence-electron chi connectivity index (χ3n) is 5.67. The minimum Gasteiger partial charge on any atom is -0.357 e. The van der Waals surface area contributed by atoms with Gasteiger partial charge >= 0.3 is 0 Å². The zero-order valence-corrected chi connectivity index (χ0v) is 22.5. The molecule has 9 heteroatoms. The molecule has 2 unspecified atom stereocenters. The zero-order valence-electron chi connectivity index (χ0n) is 19.4. The van der Waals surface area contributed by atoms with Gasteiger partial charge in [0.2, 0.25) is 10.0 Å². The Morgan fingerprint density at radius 3 is 2.58 bits per heavy atom. The van der Waals surface area contributed by atoms with Gasteiger partial charge in [-0.25, -0.2) is 12.7 Å². The number of hydrogen-bond donors (Lipinski definition) is 2. The van der Waals surface area contributed by atoms with E-state index in [2.05, 4.69) is 64.7 Å². The summed E-state index contributed by atoms with van der Waals surface area (Å²) in [6, 6.07) is 11.5. The van der Waals surface area contributed by atoms with Crippen molar-refractivity contribution in [3.63, 3.8) is 0 Å². The molecule has 1 fully saturated rings. The highest BCUT2D eigenvalue weighted by molar-refractivity contribution is 14.0. The number of sulfonamides is 1. The Kier molecular flexibility index (Phi) is 13.0. The molecule has 1 aliphatic rings. The molecule has 2 rings (SSSR count). The van der Waals surface area contributed by atoms with Crippen LogP contribution in [0.4, 0.5) is 0 Å². The number of aliphatic imine (C=N–C) groups is 1. The maximum absolute atomic E-state index is 11.8. The maximum Gasteiger partial charge on any atom is 0.213 e. The van der Waals surface area contributed by atoms with Gasteiger partial charge in [-0.05, 0) is 45.6 Å². The topological polar surface area (TPSA) is 77.0 Å². The molecule has 1 saturated heterocycles. The van der Waals surface area contributed by atoms with Crippen LogP contribution in [0.2, 0.25) is 0 Å². The van der Waals surface area contributed by atoms with Gasteiger partial charge in [-0.3, -0.25) is 9.89 Å². The molecule has 0 bridgehead atoms. The van der Waals surface area contributed by atoms with Crippen LogP contribution in [0, 0.1) is 0 Å². The van der Waals surface area contributed by atoms with Gasteiger partial charge < -0.3 is 10.6 Å². The predicted octanol–water partition coefficient (Wildman–Crippen LogP) is 2.88. The Morgan fingerprint density at radius 1 is 1.26 bits per heavy atom. The van der Waals surface area contributed by atoms with Crippen molar-refractivity contribution in [2.24, 2.45) is 4.99 Å². The maximum atomic E-state index is 11.8. The molecule has 0 saturated carbocycles. The molecule has 0 aromatic heterocycles. The van der Waals surface area contributed by atoms with Crippen LogP contribution in [0.1, 0.15) is 45.6 Å². The second kappa shape index (κ2) is 14.3. The molecule has 1 aromatic carbocycles. The van der Waals surface area contributed by atoms with E-state index in [-0.39, 0.29) is 29.7 Å². The lowest BCUT2D eigenvalue weighted by Crippen LogP contribution is -2.51. The molecule has 2 atom stereocenters. The standard InChI is InChI=1S/C22H39N5O2S.HI/c1-5-23-22(24-14-10-15-26(4)30(28,29)6-2)25-21-13-16-27(19(3)17-21)18-20-11-8-7-9-12-20;/h7-9,11-12,19,21H,5-6,10,13-18H2,1-4H3,(H2,23,24,25);1H. The van der Waals surface area contributed by atoms with Crippen LogP contribution in [0.15, 0.2) is 35.3 Å². The number of hydrogen-bond acceptors (Lipinski definition) is 4. The van der Waals surface area contributed by atoms with E-state index in [1.807, 2.05) is 0 Å². The largest absolute Gasteiger partial charge is 0.357 e. The molecule has 0 spiro atoms. The fraction of sp³-hybridized carbons (Fsp3) is 0.682. The number of nitrogens with zero attached hydrogens (tertiary/aromatic N) is 3. The average molecular weight is 566 g/mol. The normalized spacial score (nSPS) is 20.4. The molecular formula is C22H40IN5O2S. The van der Waals surface area contributed by atoms with E-state index >= 15 is 0 Å². The van der Waals surface area contributed by atoms with Gasteiger partial charge in [0, 0.05) is 51.9 Å². The lowest BCUT2D eigenvalue weighted by molar-refractivity contribution is 0.134. The van der Waals surface area contributed by atoms with Crippen molar-refractivity contribution < 1.29 is 8.42 Å². The van der Waals surface area contributed by atoms with Crippen molar-refractivity contribution in [2.75, 3.05) is 39.0 Å². The molecule has 178 valence electrons. The highest BCUT2D eigenvalue weighted by Crippen LogP contribution is 2.19.